The van der Waals surface area contributed by atoms with Crippen LogP contribution in [-0.2, 0) is 0 Å². The molecule has 1 N–H and O–H groups in total. The molecule has 0 fully saturated rings. The standard InChI is InChI=1S/C16H20N2O2/c1-9(2)16-18-14(12(5)20-16)15(19)17-13-7-6-10(3)8-11(13)4/h6-9H,1-5H3,(H,17,19). The molecular formula is C16H20N2O2. The Morgan fingerprint density at radius 3 is 2.50 bits per heavy atom. The van der Waals surface area contributed by atoms with E-state index in [2.05, 4.69) is 10.3 Å². The summed E-state index contributed by atoms with van der Waals surface area (Å²) in [5, 5.41) is 2.89. The number of oxazole rings is 1. The van der Waals surface area contributed by atoms with Gasteiger partial charge in [-0.2, -0.15) is 0 Å². The summed E-state index contributed by atoms with van der Waals surface area (Å²) in [5.74, 6) is 1.07. The second-order valence-corrected chi connectivity index (χ2v) is 5.38. The highest BCUT2D eigenvalue weighted by atomic mass is 16.4. The molecule has 106 valence electrons. The molecule has 0 radical (unpaired) electrons. The topological polar surface area (TPSA) is 55.1 Å². The maximum absolute atomic E-state index is 12.3. The largest absolute Gasteiger partial charge is 0.445 e. The third kappa shape index (κ3) is 2.90. The first kappa shape index (κ1) is 14.3. The zero-order valence-electron chi connectivity index (χ0n) is 12.6. The number of hydrogen-bond donors (Lipinski definition) is 1. The van der Waals surface area contributed by atoms with Crippen LogP contribution < -0.4 is 5.32 Å². The lowest BCUT2D eigenvalue weighted by molar-refractivity contribution is 0.102. The van der Waals surface area contributed by atoms with E-state index in [0.717, 1.165) is 11.3 Å². The van der Waals surface area contributed by atoms with E-state index in [1.165, 1.54) is 5.56 Å². The number of hydrogen-bond acceptors (Lipinski definition) is 3. The Kier molecular flexibility index (Phi) is 3.93. The van der Waals surface area contributed by atoms with E-state index in [9.17, 15) is 4.79 Å². The van der Waals surface area contributed by atoms with Gasteiger partial charge in [0.2, 0.25) is 0 Å². The minimum absolute atomic E-state index is 0.163. The number of aromatic nitrogens is 1. The second kappa shape index (κ2) is 5.49. The zero-order chi connectivity index (χ0) is 14.9. The van der Waals surface area contributed by atoms with Gasteiger partial charge in [-0.3, -0.25) is 4.79 Å². The zero-order valence-corrected chi connectivity index (χ0v) is 12.6. The number of carbonyl (C=O) groups is 1. The van der Waals surface area contributed by atoms with Gasteiger partial charge in [-0.05, 0) is 32.4 Å². The predicted molar refractivity (Wildman–Crippen MR) is 79.2 cm³/mol. The number of nitrogens with one attached hydrogen (secondary N) is 1. The molecule has 0 atom stereocenters. The summed E-state index contributed by atoms with van der Waals surface area (Å²) in [4.78, 5) is 16.5. The molecule has 0 saturated heterocycles. The van der Waals surface area contributed by atoms with E-state index in [4.69, 9.17) is 4.42 Å². The first-order valence-corrected chi connectivity index (χ1v) is 6.74. The fourth-order valence-electron chi connectivity index (χ4n) is 2.01. The van der Waals surface area contributed by atoms with Gasteiger partial charge in [-0.15, -0.1) is 0 Å². The van der Waals surface area contributed by atoms with Gasteiger partial charge in [0.15, 0.2) is 11.6 Å². The van der Waals surface area contributed by atoms with Crippen LogP contribution in [0.15, 0.2) is 22.6 Å². The highest BCUT2D eigenvalue weighted by Gasteiger charge is 2.19. The van der Waals surface area contributed by atoms with Crippen LogP contribution in [0.1, 0.15) is 53.0 Å². The molecule has 2 rings (SSSR count). The molecule has 0 spiro atoms. The molecular weight excluding hydrogens is 252 g/mol. The summed E-state index contributed by atoms with van der Waals surface area (Å²) in [6, 6.07) is 5.91. The highest BCUT2D eigenvalue weighted by Crippen LogP contribution is 2.20. The third-order valence-electron chi connectivity index (χ3n) is 3.15. The molecule has 4 nitrogen and oxygen atoms in total. The summed E-state index contributed by atoms with van der Waals surface area (Å²) in [7, 11) is 0. The van der Waals surface area contributed by atoms with Crippen molar-refractivity contribution in [2.24, 2.45) is 0 Å². The summed E-state index contributed by atoms with van der Waals surface area (Å²) in [6.07, 6.45) is 0. The van der Waals surface area contributed by atoms with Crippen molar-refractivity contribution in [2.45, 2.75) is 40.5 Å². The van der Waals surface area contributed by atoms with Gasteiger partial charge < -0.3 is 9.73 Å². The quantitative estimate of drug-likeness (QED) is 0.919. The van der Waals surface area contributed by atoms with Crippen molar-refractivity contribution in [3.8, 4) is 0 Å². The monoisotopic (exact) mass is 272 g/mol. The number of aryl methyl sites for hydroxylation is 3. The molecule has 1 aromatic carbocycles. The van der Waals surface area contributed by atoms with E-state index < -0.39 is 0 Å². The molecule has 0 bridgehead atoms. The Balaban J connectivity index is 2.24. The maximum atomic E-state index is 12.3. The van der Waals surface area contributed by atoms with Gasteiger partial charge in [0, 0.05) is 11.6 Å². The molecule has 1 amide bonds. The van der Waals surface area contributed by atoms with E-state index in [1.807, 2.05) is 45.9 Å². The van der Waals surface area contributed by atoms with E-state index in [1.54, 1.807) is 6.92 Å². The van der Waals surface area contributed by atoms with Crippen molar-refractivity contribution in [1.29, 1.82) is 0 Å². The van der Waals surface area contributed by atoms with E-state index in [0.29, 0.717) is 17.3 Å². The third-order valence-corrected chi connectivity index (χ3v) is 3.15. The van der Waals surface area contributed by atoms with Crippen LogP contribution in [0.5, 0.6) is 0 Å². The predicted octanol–water partition coefficient (Wildman–Crippen LogP) is 3.98. The van der Waals surface area contributed by atoms with E-state index in [-0.39, 0.29) is 11.8 Å². The van der Waals surface area contributed by atoms with Crippen LogP contribution in [0.4, 0.5) is 5.69 Å². The van der Waals surface area contributed by atoms with Gasteiger partial charge in [0.1, 0.15) is 5.76 Å². The van der Waals surface area contributed by atoms with Gasteiger partial charge >= 0.3 is 0 Å². The van der Waals surface area contributed by atoms with Crippen molar-refractivity contribution in [3.05, 3.63) is 46.7 Å². The second-order valence-electron chi connectivity index (χ2n) is 5.38. The first-order chi connectivity index (χ1) is 9.38. The smallest absolute Gasteiger partial charge is 0.277 e. The molecule has 0 unspecified atom stereocenters. The Labute approximate surface area is 119 Å². The highest BCUT2D eigenvalue weighted by molar-refractivity contribution is 6.03. The Hall–Kier alpha value is -2.10. The SMILES string of the molecule is Cc1ccc(NC(=O)c2nc(C(C)C)oc2C)c(C)c1. The number of rotatable bonds is 3. The van der Waals surface area contributed by atoms with Crippen LogP contribution in [0.2, 0.25) is 0 Å². The normalized spacial score (nSPS) is 10.9. The molecule has 0 saturated carbocycles. The Bertz CT molecular complexity index is 642. The summed E-state index contributed by atoms with van der Waals surface area (Å²) in [5.41, 5.74) is 3.35. The number of nitrogens with zero attached hydrogens (tertiary/aromatic N) is 1. The molecule has 4 heteroatoms. The van der Waals surface area contributed by atoms with Gasteiger partial charge in [0.05, 0.1) is 0 Å². The number of amides is 1. The van der Waals surface area contributed by atoms with Crippen LogP contribution in [-0.4, -0.2) is 10.9 Å². The fraction of sp³-hybridized carbons (Fsp3) is 0.375. The number of carbonyl (C=O) groups excluding carboxylic acids is 1. The fourth-order valence-corrected chi connectivity index (χ4v) is 2.01. The lowest BCUT2D eigenvalue weighted by Gasteiger charge is -2.07. The average Bonchev–Trinajstić information content (AvgIpc) is 2.75. The van der Waals surface area contributed by atoms with Crippen molar-refractivity contribution in [1.82, 2.24) is 4.98 Å². The van der Waals surface area contributed by atoms with Gasteiger partial charge in [-0.1, -0.05) is 31.5 Å². The lowest BCUT2D eigenvalue weighted by atomic mass is 10.1. The lowest BCUT2D eigenvalue weighted by Crippen LogP contribution is -2.14. The van der Waals surface area contributed by atoms with Crippen molar-refractivity contribution >= 4 is 11.6 Å². The molecule has 0 aliphatic rings. The van der Waals surface area contributed by atoms with Crippen molar-refractivity contribution < 1.29 is 9.21 Å². The number of anilines is 1. The van der Waals surface area contributed by atoms with Crippen LogP contribution in [0.3, 0.4) is 0 Å². The molecule has 2 aromatic rings. The van der Waals surface area contributed by atoms with Gasteiger partial charge in [0.25, 0.3) is 5.91 Å². The number of benzene rings is 1. The summed E-state index contributed by atoms with van der Waals surface area (Å²) < 4.78 is 5.51. The van der Waals surface area contributed by atoms with Crippen LogP contribution in [0.25, 0.3) is 0 Å². The maximum Gasteiger partial charge on any atom is 0.277 e. The molecule has 0 aliphatic carbocycles. The molecule has 1 aromatic heterocycles. The van der Waals surface area contributed by atoms with Crippen molar-refractivity contribution in [2.75, 3.05) is 5.32 Å². The Morgan fingerprint density at radius 1 is 1.25 bits per heavy atom. The molecule has 20 heavy (non-hydrogen) atoms. The van der Waals surface area contributed by atoms with Crippen LogP contribution in [0, 0.1) is 20.8 Å². The average molecular weight is 272 g/mol. The van der Waals surface area contributed by atoms with E-state index >= 15 is 0 Å². The molecule has 1 heterocycles. The summed E-state index contributed by atoms with van der Waals surface area (Å²) >= 11 is 0. The van der Waals surface area contributed by atoms with Crippen molar-refractivity contribution in [3.63, 3.8) is 0 Å². The summed E-state index contributed by atoms with van der Waals surface area (Å²) in [6.45, 7) is 9.72. The van der Waals surface area contributed by atoms with Gasteiger partial charge in [-0.25, -0.2) is 4.98 Å². The first-order valence-electron chi connectivity index (χ1n) is 6.74. The molecule has 0 aliphatic heterocycles. The van der Waals surface area contributed by atoms with Crippen LogP contribution >= 0.6 is 0 Å². The minimum atomic E-state index is -0.231. The minimum Gasteiger partial charge on any atom is -0.445 e. The Morgan fingerprint density at radius 2 is 1.95 bits per heavy atom.